The van der Waals surface area contributed by atoms with E-state index in [1.54, 1.807) is 11.8 Å². The van der Waals surface area contributed by atoms with E-state index in [1.165, 1.54) is 11.1 Å². The Bertz CT molecular complexity index is 638. The number of halogens is 1. The van der Waals surface area contributed by atoms with E-state index >= 15 is 0 Å². The fourth-order valence-electron chi connectivity index (χ4n) is 1.71. The SMILES string of the molecule is Cc1ccc(Sc2cc(Br)ccc2C(=N)N)cc1C. The summed E-state index contributed by atoms with van der Waals surface area (Å²) < 4.78 is 0.990. The van der Waals surface area contributed by atoms with Gasteiger partial charge in [-0.1, -0.05) is 33.8 Å². The van der Waals surface area contributed by atoms with Crippen molar-refractivity contribution < 1.29 is 0 Å². The zero-order chi connectivity index (χ0) is 14.0. The highest BCUT2D eigenvalue weighted by Crippen LogP contribution is 2.33. The summed E-state index contributed by atoms with van der Waals surface area (Å²) >= 11 is 5.09. The highest BCUT2D eigenvalue weighted by Gasteiger charge is 2.08. The minimum atomic E-state index is 0.0961. The minimum Gasteiger partial charge on any atom is -0.384 e. The molecule has 0 unspecified atom stereocenters. The van der Waals surface area contributed by atoms with E-state index in [4.69, 9.17) is 11.1 Å². The van der Waals surface area contributed by atoms with Crippen molar-refractivity contribution in [3.8, 4) is 0 Å². The van der Waals surface area contributed by atoms with Crippen molar-refractivity contribution in [3.05, 3.63) is 57.6 Å². The molecule has 0 saturated carbocycles. The van der Waals surface area contributed by atoms with Crippen LogP contribution in [-0.2, 0) is 0 Å². The van der Waals surface area contributed by atoms with Crippen molar-refractivity contribution in [2.75, 3.05) is 0 Å². The zero-order valence-electron chi connectivity index (χ0n) is 10.8. The van der Waals surface area contributed by atoms with Gasteiger partial charge in [0.05, 0.1) is 0 Å². The first kappa shape index (κ1) is 14.2. The smallest absolute Gasteiger partial charge is 0.123 e. The maximum Gasteiger partial charge on any atom is 0.123 e. The Labute approximate surface area is 126 Å². The summed E-state index contributed by atoms with van der Waals surface area (Å²) in [5.74, 6) is 0.0961. The van der Waals surface area contributed by atoms with Gasteiger partial charge in [0.2, 0.25) is 0 Å². The van der Waals surface area contributed by atoms with Gasteiger partial charge in [-0.25, -0.2) is 0 Å². The van der Waals surface area contributed by atoms with Crippen LogP contribution in [0.15, 0.2) is 50.7 Å². The first-order valence-electron chi connectivity index (χ1n) is 5.86. The summed E-state index contributed by atoms with van der Waals surface area (Å²) in [5.41, 5.74) is 8.95. The molecule has 0 heterocycles. The Balaban J connectivity index is 2.39. The third-order valence-corrected chi connectivity index (χ3v) is 4.48. The molecule has 2 rings (SSSR count). The fourth-order valence-corrected chi connectivity index (χ4v) is 3.32. The summed E-state index contributed by atoms with van der Waals surface area (Å²) in [7, 11) is 0. The van der Waals surface area contributed by atoms with Gasteiger partial charge < -0.3 is 5.73 Å². The van der Waals surface area contributed by atoms with Crippen molar-refractivity contribution in [1.82, 2.24) is 0 Å². The first-order valence-corrected chi connectivity index (χ1v) is 7.47. The van der Waals surface area contributed by atoms with Crippen LogP contribution in [0.2, 0.25) is 0 Å². The maximum atomic E-state index is 7.64. The number of hydrogen-bond acceptors (Lipinski definition) is 2. The summed E-state index contributed by atoms with van der Waals surface area (Å²) in [5, 5.41) is 7.64. The number of nitrogens with one attached hydrogen (secondary N) is 1. The normalized spacial score (nSPS) is 10.5. The van der Waals surface area contributed by atoms with Crippen LogP contribution in [0.25, 0.3) is 0 Å². The second-order valence-electron chi connectivity index (χ2n) is 4.40. The van der Waals surface area contributed by atoms with Crippen molar-refractivity contribution >= 4 is 33.5 Å². The van der Waals surface area contributed by atoms with Crippen LogP contribution >= 0.6 is 27.7 Å². The molecule has 0 bridgehead atoms. The predicted octanol–water partition coefficient (Wildman–Crippen LogP) is 4.50. The lowest BCUT2D eigenvalue weighted by atomic mass is 10.1. The third kappa shape index (κ3) is 3.39. The first-order chi connectivity index (χ1) is 8.97. The van der Waals surface area contributed by atoms with E-state index in [1.807, 2.05) is 18.2 Å². The summed E-state index contributed by atoms with van der Waals surface area (Å²) in [6, 6.07) is 12.1. The van der Waals surface area contributed by atoms with Crippen molar-refractivity contribution in [2.45, 2.75) is 23.6 Å². The summed E-state index contributed by atoms with van der Waals surface area (Å²) in [6.07, 6.45) is 0. The molecule has 98 valence electrons. The second-order valence-corrected chi connectivity index (χ2v) is 6.43. The topological polar surface area (TPSA) is 49.9 Å². The lowest BCUT2D eigenvalue weighted by molar-refractivity contribution is 1.27. The standard InChI is InChI=1S/C15H15BrN2S/c1-9-3-5-12(7-10(9)2)19-14-8-11(16)4-6-13(14)15(17)18/h3-8H,1-2H3,(H3,17,18). The number of hydrogen-bond donors (Lipinski definition) is 2. The van der Waals surface area contributed by atoms with Crippen LogP contribution in [0, 0.1) is 19.3 Å². The number of benzene rings is 2. The van der Waals surface area contributed by atoms with Gasteiger partial charge in [-0.15, -0.1) is 0 Å². The van der Waals surface area contributed by atoms with Crippen LogP contribution in [-0.4, -0.2) is 5.84 Å². The van der Waals surface area contributed by atoms with E-state index in [0.29, 0.717) is 0 Å². The predicted molar refractivity (Wildman–Crippen MR) is 85.2 cm³/mol. The number of rotatable bonds is 3. The third-order valence-electron chi connectivity index (χ3n) is 2.94. The molecular weight excluding hydrogens is 320 g/mol. The van der Waals surface area contributed by atoms with Crippen molar-refractivity contribution in [3.63, 3.8) is 0 Å². The number of aryl methyl sites for hydroxylation is 2. The Morgan fingerprint density at radius 3 is 2.47 bits per heavy atom. The zero-order valence-corrected chi connectivity index (χ0v) is 13.2. The van der Waals surface area contributed by atoms with Crippen LogP contribution in [0.5, 0.6) is 0 Å². The van der Waals surface area contributed by atoms with Gasteiger partial charge >= 0.3 is 0 Å². The maximum absolute atomic E-state index is 7.64. The van der Waals surface area contributed by atoms with Gasteiger partial charge in [-0.2, -0.15) is 0 Å². The molecule has 3 N–H and O–H groups in total. The molecule has 2 nitrogen and oxygen atoms in total. The molecule has 0 spiro atoms. The van der Waals surface area contributed by atoms with E-state index in [2.05, 4.69) is 48.0 Å². The summed E-state index contributed by atoms with van der Waals surface area (Å²) in [6.45, 7) is 4.20. The Hall–Kier alpha value is -1.26. The van der Waals surface area contributed by atoms with Crippen LogP contribution in [0.4, 0.5) is 0 Å². The molecule has 0 aliphatic rings. The number of nitrogen functional groups attached to an aromatic ring is 1. The lowest BCUT2D eigenvalue weighted by Gasteiger charge is -2.10. The molecule has 0 atom stereocenters. The molecule has 0 aromatic heterocycles. The number of amidine groups is 1. The Kier molecular flexibility index (Phi) is 4.32. The molecule has 19 heavy (non-hydrogen) atoms. The molecule has 2 aromatic carbocycles. The summed E-state index contributed by atoms with van der Waals surface area (Å²) in [4.78, 5) is 2.15. The van der Waals surface area contributed by atoms with E-state index in [9.17, 15) is 0 Å². The van der Waals surface area contributed by atoms with E-state index in [-0.39, 0.29) is 5.84 Å². The van der Waals surface area contributed by atoms with Gasteiger partial charge in [0.25, 0.3) is 0 Å². The molecule has 0 saturated heterocycles. The molecular formula is C15H15BrN2S. The molecule has 0 aliphatic heterocycles. The highest BCUT2D eigenvalue weighted by molar-refractivity contribution is 9.10. The van der Waals surface area contributed by atoms with Gasteiger partial charge in [0, 0.05) is 19.8 Å². The average Bonchev–Trinajstić information content (AvgIpc) is 2.33. The molecule has 4 heteroatoms. The highest BCUT2D eigenvalue weighted by atomic mass is 79.9. The Morgan fingerprint density at radius 2 is 1.84 bits per heavy atom. The van der Waals surface area contributed by atoms with Gasteiger partial charge in [0.15, 0.2) is 0 Å². The molecule has 0 fully saturated rings. The minimum absolute atomic E-state index is 0.0961. The second kappa shape index (κ2) is 5.80. The molecule has 0 aliphatic carbocycles. The molecule has 0 amide bonds. The van der Waals surface area contributed by atoms with Crippen LogP contribution < -0.4 is 5.73 Å². The van der Waals surface area contributed by atoms with Crippen LogP contribution in [0.1, 0.15) is 16.7 Å². The van der Waals surface area contributed by atoms with E-state index < -0.39 is 0 Å². The van der Waals surface area contributed by atoms with Crippen LogP contribution in [0.3, 0.4) is 0 Å². The van der Waals surface area contributed by atoms with E-state index in [0.717, 1.165) is 19.8 Å². The van der Waals surface area contributed by atoms with Crippen molar-refractivity contribution in [1.29, 1.82) is 5.41 Å². The number of nitrogens with two attached hydrogens (primary N) is 1. The quantitative estimate of drug-likeness (QED) is 0.641. The van der Waals surface area contributed by atoms with Gasteiger partial charge in [-0.05, 0) is 55.3 Å². The Morgan fingerprint density at radius 1 is 1.11 bits per heavy atom. The molecule has 0 radical (unpaired) electrons. The largest absolute Gasteiger partial charge is 0.384 e. The monoisotopic (exact) mass is 334 g/mol. The molecule has 2 aromatic rings. The average molecular weight is 335 g/mol. The van der Waals surface area contributed by atoms with Crippen molar-refractivity contribution in [2.24, 2.45) is 5.73 Å². The lowest BCUT2D eigenvalue weighted by Crippen LogP contribution is -2.12. The van der Waals surface area contributed by atoms with Gasteiger partial charge in [-0.3, -0.25) is 5.41 Å². The van der Waals surface area contributed by atoms with Gasteiger partial charge in [0.1, 0.15) is 5.84 Å². The fraction of sp³-hybridized carbons (Fsp3) is 0.133.